The lowest BCUT2D eigenvalue weighted by Gasteiger charge is -2.13. The number of hydrogen-bond donors (Lipinski definition) is 3. The van der Waals surface area contributed by atoms with E-state index < -0.39 is 0 Å². The fourth-order valence-corrected chi connectivity index (χ4v) is 2.65. The van der Waals surface area contributed by atoms with Crippen molar-refractivity contribution >= 4 is 17.3 Å². The summed E-state index contributed by atoms with van der Waals surface area (Å²) in [4.78, 5) is 12.7. The molecule has 0 heterocycles. The van der Waals surface area contributed by atoms with Crippen LogP contribution in [0.15, 0.2) is 42.5 Å². The standard InChI is InChI=1S/C21H29N3O4/c1-4-28-15-14-22-12-13-23-16-8-10-17(11-9-16)24-21(25)20-18(26-2)6-5-7-19(20)27-3/h5-11,22-23H,4,12-15H2,1-3H3,(H,24,25). The number of rotatable bonds is 12. The van der Waals surface area contributed by atoms with E-state index in [-0.39, 0.29) is 5.91 Å². The third-order valence-corrected chi connectivity index (χ3v) is 4.06. The van der Waals surface area contributed by atoms with Crippen LogP contribution in [0.1, 0.15) is 17.3 Å². The molecule has 0 aliphatic carbocycles. The van der Waals surface area contributed by atoms with Gasteiger partial charge < -0.3 is 30.2 Å². The minimum atomic E-state index is -0.284. The van der Waals surface area contributed by atoms with Crippen LogP contribution in [0.2, 0.25) is 0 Å². The van der Waals surface area contributed by atoms with Crippen molar-refractivity contribution in [3.05, 3.63) is 48.0 Å². The quantitative estimate of drug-likeness (QED) is 0.486. The number of carbonyl (C=O) groups is 1. The smallest absolute Gasteiger partial charge is 0.263 e. The lowest BCUT2D eigenvalue weighted by atomic mass is 10.1. The van der Waals surface area contributed by atoms with Crippen molar-refractivity contribution < 1.29 is 19.0 Å². The highest BCUT2D eigenvalue weighted by molar-refractivity contribution is 6.08. The maximum Gasteiger partial charge on any atom is 0.263 e. The molecule has 28 heavy (non-hydrogen) atoms. The number of ether oxygens (including phenoxy) is 3. The van der Waals surface area contributed by atoms with Gasteiger partial charge in [0.2, 0.25) is 0 Å². The Morgan fingerprint density at radius 2 is 1.54 bits per heavy atom. The third-order valence-electron chi connectivity index (χ3n) is 4.06. The predicted molar refractivity (Wildman–Crippen MR) is 112 cm³/mol. The van der Waals surface area contributed by atoms with Crippen LogP contribution in [-0.2, 0) is 4.74 Å². The van der Waals surface area contributed by atoms with Gasteiger partial charge in [-0.15, -0.1) is 0 Å². The fourth-order valence-electron chi connectivity index (χ4n) is 2.65. The predicted octanol–water partition coefficient (Wildman–Crippen LogP) is 2.99. The normalized spacial score (nSPS) is 10.4. The lowest BCUT2D eigenvalue weighted by Crippen LogP contribution is -2.25. The Balaban J connectivity index is 1.86. The molecule has 0 aromatic heterocycles. The molecule has 0 fully saturated rings. The van der Waals surface area contributed by atoms with Crippen LogP contribution in [-0.4, -0.2) is 53.0 Å². The summed E-state index contributed by atoms with van der Waals surface area (Å²) < 4.78 is 15.8. The summed E-state index contributed by atoms with van der Waals surface area (Å²) >= 11 is 0. The van der Waals surface area contributed by atoms with E-state index in [1.54, 1.807) is 18.2 Å². The van der Waals surface area contributed by atoms with E-state index in [2.05, 4.69) is 16.0 Å². The minimum absolute atomic E-state index is 0.284. The van der Waals surface area contributed by atoms with Crippen molar-refractivity contribution in [1.29, 1.82) is 0 Å². The average Bonchev–Trinajstić information content (AvgIpc) is 2.73. The Labute approximate surface area is 166 Å². The molecule has 7 heteroatoms. The maximum absolute atomic E-state index is 12.7. The second-order valence-corrected chi connectivity index (χ2v) is 5.94. The first-order valence-corrected chi connectivity index (χ1v) is 9.34. The Morgan fingerprint density at radius 1 is 0.893 bits per heavy atom. The van der Waals surface area contributed by atoms with Gasteiger partial charge in [-0.25, -0.2) is 0 Å². The summed E-state index contributed by atoms with van der Waals surface area (Å²) in [7, 11) is 3.05. The summed E-state index contributed by atoms with van der Waals surface area (Å²) in [6, 6.07) is 12.8. The van der Waals surface area contributed by atoms with Crippen LogP contribution in [0.4, 0.5) is 11.4 Å². The molecular formula is C21H29N3O4. The molecule has 0 aliphatic rings. The van der Waals surface area contributed by atoms with Gasteiger partial charge in [0.15, 0.2) is 0 Å². The van der Waals surface area contributed by atoms with E-state index in [9.17, 15) is 4.79 Å². The summed E-state index contributed by atoms with van der Waals surface area (Å²) in [5.41, 5.74) is 2.05. The van der Waals surface area contributed by atoms with Gasteiger partial charge in [-0.05, 0) is 43.3 Å². The van der Waals surface area contributed by atoms with Crippen molar-refractivity contribution in [2.24, 2.45) is 0 Å². The lowest BCUT2D eigenvalue weighted by molar-refractivity contribution is 0.102. The molecule has 0 atom stereocenters. The Morgan fingerprint density at radius 3 is 2.14 bits per heavy atom. The molecule has 3 N–H and O–H groups in total. The Hall–Kier alpha value is -2.77. The SMILES string of the molecule is CCOCCNCCNc1ccc(NC(=O)c2c(OC)cccc2OC)cc1. The number of carbonyl (C=O) groups excluding carboxylic acids is 1. The second kappa shape index (κ2) is 11.8. The number of methoxy groups -OCH3 is 2. The largest absolute Gasteiger partial charge is 0.496 e. The fraction of sp³-hybridized carbons (Fsp3) is 0.381. The Bertz CT molecular complexity index is 713. The van der Waals surface area contributed by atoms with Gasteiger partial charge in [0.1, 0.15) is 17.1 Å². The third kappa shape index (κ3) is 6.44. The molecule has 2 rings (SSSR count). The van der Waals surface area contributed by atoms with Crippen molar-refractivity contribution in [2.75, 3.05) is 57.7 Å². The average molecular weight is 387 g/mol. The van der Waals surface area contributed by atoms with Crippen LogP contribution in [0.5, 0.6) is 11.5 Å². The van der Waals surface area contributed by atoms with Crippen molar-refractivity contribution in [1.82, 2.24) is 5.32 Å². The first kappa shape index (κ1) is 21.5. The number of nitrogens with one attached hydrogen (secondary N) is 3. The number of hydrogen-bond acceptors (Lipinski definition) is 6. The van der Waals surface area contributed by atoms with E-state index >= 15 is 0 Å². The topological polar surface area (TPSA) is 80.9 Å². The second-order valence-electron chi connectivity index (χ2n) is 5.94. The van der Waals surface area contributed by atoms with Crippen molar-refractivity contribution in [2.45, 2.75) is 6.92 Å². The molecule has 0 bridgehead atoms. The van der Waals surface area contributed by atoms with Crippen LogP contribution in [0.3, 0.4) is 0 Å². The molecule has 0 radical (unpaired) electrons. The molecule has 152 valence electrons. The summed E-state index contributed by atoms with van der Waals surface area (Å²) in [6.45, 7) is 5.94. The molecule has 0 aliphatic heterocycles. The van der Waals surface area contributed by atoms with E-state index in [1.807, 2.05) is 31.2 Å². The minimum Gasteiger partial charge on any atom is -0.496 e. The zero-order valence-corrected chi connectivity index (χ0v) is 16.7. The number of amides is 1. The van der Waals surface area contributed by atoms with Gasteiger partial charge in [-0.3, -0.25) is 4.79 Å². The highest BCUT2D eigenvalue weighted by Gasteiger charge is 2.18. The van der Waals surface area contributed by atoms with Crippen LogP contribution >= 0.6 is 0 Å². The zero-order chi connectivity index (χ0) is 20.2. The van der Waals surface area contributed by atoms with Crippen LogP contribution in [0, 0.1) is 0 Å². The van der Waals surface area contributed by atoms with Gasteiger partial charge in [-0.1, -0.05) is 6.07 Å². The summed E-state index contributed by atoms with van der Waals surface area (Å²) in [5.74, 6) is 0.646. The van der Waals surface area contributed by atoms with E-state index in [4.69, 9.17) is 14.2 Å². The van der Waals surface area contributed by atoms with Gasteiger partial charge in [-0.2, -0.15) is 0 Å². The molecule has 7 nitrogen and oxygen atoms in total. The van der Waals surface area contributed by atoms with Crippen LogP contribution < -0.4 is 25.4 Å². The molecule has 0 spiro atoms. The molecule has 0 unspecified atom stereocenters. The van der Waals surface area contributed by atoms with Gasteiger partial charge in [0, 0.05) is 37.6 Å². The summed E-state index contributed by atoms with van der Waals surface area (Å²) in [6.07, 6.45) is 0. The first-order chi connectivity index (χ1) is 13.7. The molecule has 0 saturated heterocycles. The zero-order valence-electron chi connectivity index (χ0n) is 16.7. The maximum atomic E-state index is 12.7. The van der Waals surface area contributed by atoms with Gasteiger partial charge in [0.05, 0.1) is 20.8 Å². The van der Waals surface area contributed by atoms with E-state index in [0.29, 0.717) is 22.7 Å². The molecule has 1 amide bonds. The monoisotopic (exact) mass is 387 g/mol. The molecule has 2 aromatic carbocycles. The summed E-state index contributed by atoms with van der Waals surface area (Å²) in [5, 5.41) is 9.51. The first-order valence-electron chi connectivity index (χ1n) is 9.34. The molecule has 0 saturated carbocycles. The van der Waals surface area contributed by atoms with Gasteiger partial charge in [0.25, 0.3) is 5.91 Å². The van der Waals surface area contributed by atoms with Crippen molar-refractivity contribution in [3.8, 4) is 11.5 Å². The van der Waals surface area contributed by atoms with Crippen molar-refractivity contribution in [3.63, 3.8) is 0 Å². The number of anilines is 2. The van der Waals surface area contributed by atoms with E-state index in [1.165, 1.54) is 14.2 Å². The molecular weight excluding hydrogens is 358 g/mol. The highest BCUT2D eigenvalue weighted by Crippen LogP contribution is 2.29. The van der Waals surface area contributed by atoms with Crippen LogP contribution in [0.25, 0.3) is 0 Å². The van der Waals surface area contributed by atoms with E-state index in [0.717, 1.165) is 38.5 Å². The molecule has 2 aromatic rings. The highest BCUT2D eigenvalue weighted by atomic mass is 16.5. The van der Waals surface area contributed by atoms with Gasteiger partial charge >= 0.3 is 0 Å². The Kier molecular flexibility index (Phi) is 9.10. The number of benzene rings is 2.